The van der Waals surface area contributed by atoms with E-state index in [2.05, 4.69) is 4.72 Å². The normalized spacial score (nSPS) is 11.1. The SMILES string of the molecule is CC(=O)c1ccc(S(=O)(=O)NCCC(=O)OCC(=O)c2ccc(C)cc2C)cc1. The van der Waals surface area contributed by atoms with Crippen molar-refractivity contribution in [3.63, 3.8) is 0 Å². The number of aryl methyl sites for hydroxylation is 2. The van der Waals surface area contributed by atoms with Crippen molar-refractivity contribution < 1.29 is 27.5 Å². The van der Waals surface area contributed by atoms with Crippen LogP contribution in [0.3, 0.4) is 0 Å². The van der Waals surface area contributed by atoms with E-state index in [0.29, 0.717) is 11.1 Å². The average Bonchev–Trinajstić information content (AvgIpc) is 2.66. The molecule has 0 aliphatic rings. The molecule has 2 rings (SSSR count). The molecule has 0 saturated heterocycles. The Morgan fingerprint density at radius 2 is 1.66 bits per heavy atom. The Morgan fingerprint density at radius 3 is 2.24 bits per heavy atom. The monoisotopic (exact) mass is 417 g/mol. The molecule has 1 N–H and O–H groups in total. The molecule has 0 amide bonds. The number of carbonyl (C=O) groups is 3. The lowest BCUT2D eigenvalue weighted by Crippen LogP contribution is -2.27. The van der Waals surface area contributed by atoms with Gasteiger partial charge in [0.15, 0.2) is 12.4 Å². The summed E-state index contributed by atoms with van der Waals surface area (Å²) in [4.78, 5) is 35.2. The lowest BCUT2D eigenvalue weighted by atomic mass is 10.0. The van der Waals surface area contributed by atoms with Crippen LogP contribution in [0.25, 0.3) is 0 Å². The molecule has 0 aliphatic carbocycles. The van der Waals surface area contributed by atoms with E-state index < -0.39 is 22.6 Å². The third-order valence-corrected chi connectivity index (χ3v) is 5.72. The average molecular weight is 417 g/mol. The first-order chi connectivity index (χ1) is 13.6. The summed E-state index contributed by atoms with van der Waals surface area (Å²) in [6.07, 6.45) is -0.217. The highest BCUT2D eigenvalue weighted by molar-refractivity contribution is 7.89. The van der Waals surface area contributed by atoms with Crippen molar-refractivity contribution in [2.75, 3.05) is 13.2 Å². The van der Waals surface area contributed by atoms with Crippen LogP contribution in [-0.2, 0) is 19.6 Å². The minimum Gasteiger partial charge on any atom is -0.457 e. The van der Waals surface area contributed by atoms with Gasteiger partial charge in [0.1, 0.15) is 0 Å². The molecular formula is C21H23NO6S. The van der Waals surface area contributed by atoms with Crippen LogP contribution in [0, 0.1) is 13.8 Å². The first-order valence-corrected chi connectivity index (χ1v) is 10.4. The van der Waals surface area contributed by atoms with Gasteiger partial charge in [-0.05, 0) is 38.5 Å². The summed E-state index contributed by atoms with van der Waals surface area (Å²) in [6, 6.07) is 10.8. The van der Waals surface area contributed by atoms with Gasteiger partial charge in [-0.25, -0.2) is 13.1 Å². The molecule has 8 heteroatoms. The van der Waals surface area contributed by atoms with Crippen LogP contribution in [0.4, 0.5) is 0 Å². The summed E-state index contributed by atoms with van der Waals surface area (Å²) in [7, 11) is -3.82. The standard InChI is InChI=1S/C21H23NO6S/c1-14-4-9-19(15(2)12-14)20(24)13-28-21(25)10-11-22-29(26,27)18-7-5-17(6-8-18)16(3)23/h4-9,12,22H,10-11,13H2,1-3H3. The Kier molecular flexibility index (Phi) is 7.41. The van der Waals surface area contributed by atoms with Crippen LogP contribution in [0.1, 0.15) is 45.2 Å². The molecule has 0 radical (unpaired) electrons. The fourth-order valence-electron chi connectivity index (χ4n) is 2.66. The molecule has 2 aromatic carbocycles. The van der Waals surface area contributed by atoms with Gasteiger partial charge in [0.05, 0.1) is 11.3 Å². The van der Waals surface area contributed by atoms with Crippen LogP contribution in [-0.4, -0.2) is 39.1 Å². The Hall–Kier alpha value is -2.84. The van der Waals surface area contributed by atoms with E-state index >= 15 is 0 Å². The van der Waals surface area contributed by atoms with Crippen LogP contribution < -0.4 is 4.72 Å². The number of hydrogen-bond donors (Lipinski definition) is 1. The van der Waals surface area contributed by atoms with Gasteiger partial charge in [-0.3, -0.25) is 14.4 Å². The topological polar surface area (TPSA) is 107 Å². The molecule has 29 heavy (non-hydrogen) atoms. The number of ether oxygens (including phenoxy) is 1. The molecule has 0 saturated carbocycles. The van der Waals surface area contributed by atoms with Crippen LogP contribution in [0.2, 0.25) is 0 Å². The number of esters is 1. The zero-order valence-electron chi connectivity index (χ0n) is 16.5. The summed E-state index contributed by atoms with van der Waals surface area (Å²) in [5.41, 5.74) is 2.72. The van der Waals surface area contributed by atoms with Crippen LogP contribution >= 0.6 is 0 Å². The molecule has 0 atom stereocenters. The molecule has 0 fully saturated rings. The van der Waals surface area contributed by atoms with Crippen LogP contribution in [0.5, 0.6) is 0 Å². The van der Waals surface area contributed by atoms with Crippen molar-refractivity contribution in [3.05, 3.63) is 64.7 Å². The quantitative estimate of drug-likeness (QED) is 0.496. The fourth-order valence-corrected chi connectivity index (χ4v) is 3.69. The molecule has 7 nitrogen and oxygen atoms in total. The van der Waals surface area contributed by atoms with E-state index in [1.165, 1.54) is 31.2 Å². The third kappa shape index (κ3) is 6.33. The van der Waals surface area contributed by atoms with Gasteiger partial charge in [0.2, 0.25) is 15.8 Å². The maximum Gasteiger partial charge on any atom is 0.307 e. The van der Waals surface area contributed by atoms with Crippen molar-refractivity contribution in [1.82, 2.24) is 4.72 Å². The molecule has 0 aliphatic heterocycles. The van der Waals surface area contributed by atoms with E-state index in [4.69, 9.17) is 4.74 Å². The van der Waals surface area contributed by atoms with Crippen LogP contribution in [0.15, 0.2) is 47.4 Å². The fraction of sp³-hybridized carbons (Fsp3) is 0.286. The van der Waals surface area contributed by atoms with Crippen molar-refractivity contribution >= 4 is 27.6 Å². The minimum absolute atomic E-state index is 0.0131. The summed E-state index contributed by atoms with van der Waals surface area (Å²) in [5.74, 6) is -1.17. The third-order valence-electron chi connectivity index (χ3n) is 4.24. The minimum atomic E-state index is -3.82. The summed E-state index contributed by atoms with van der Waals surface area (Å²) in [5, 5.41) is 0. The smallest absolute Gasteiger partial charge is 0.307 e. The van der Waals surface area contributed by atoms with E-state index in [9.17, 15) is 22.8 Å². The highest BCUT2D eigenvalue weighted by atomic mass is 32.2. The second-order valence-electron chi connectivity index (χ2n) is 6.63. The first kappa shape index (κ1) is 22.4. The molecule has 0 bridgehead atoms. The number of rotatable bonds is 9. The number of Topliss-reactive ketones (excluding diaryl/α,β-unsaturated/α-hetero) is 2. The molecule has 0 heterocycles. The van der Waals surface area contributed by atoms with E-state index in [1.807, 2.05) is 13.0 Å². The van der Waals surface area contributed by atoms with Crippen molar-refractivity contribution in [1.29, 1.82) is 0 Å². The Bertz CT molecular complexity index is 1030. The summed E-state index contributed by atoms with van der Waals surface area (Å²) in [6.45, 7) is 4.54. The zero-order valence-corrected chi connectivity index (χ0v) is 17.3. The van der Waals surface area contributed by atoms with Gasteiger partial charge in [-0.15, -0.1) is 0 Å². The molecule has 0 unspecified atom stereocenters. The van der Waals surface area contributed by atoms with Crippen molar-refractivity contribution in [3.8, 4) is 0 Å². The van der Waals surface area contributed by atoms with E-state index in [1.54, 1.807) is 19.1 Å². The maximum absolute atomic E-state index is 12.2. The van der Waals surface area contributed by atoms with E-state index in [-0.39, 0.29) is 29.4 Å². The Labute approximate surface area is 170 Å². The molecule has 2 aromatic rings. The molecule has 0 aromatic heterocycles. The second-order valence-corrected chi connectivity index (χ2v) is 8.40. The molecule has 0 spiro atoms. The van der Waals surface area contributed by atoms with Gasteiger partial charge >= 0.3 is 5.97 Å². The van der Waals surface area contributed by atoms with Gasteiger partial charge in [-0.2, -0.15) is 0 Å². The second kappa shape index (κ2) is 9.58. The number of nitrogens with one attached hydrogen (secondary N) is 1. The maximum atomic E-state index is 12.2. The predicted molar refractivity (Wildman–Crippen MR) is 107 cm³/mol. The number of hydrogen-bond acceptors (Lipinski definition) is 6. The lowest BCUT2D eigenvalue weighted by Gasteiger charge is -2.09. The predicted octanol–water partition coefficient (Wildman–Crippen LogP) is 2.60. The van der Waals surface area contributed by atoms with Gasteiger partial charge in [0.25, 0.3) is 0 Å². The summed E-state index contributed by atoms with van der Waals surface area (Å²) < 4.78 is 31.7. The largest absolute Gasteiger partial charge is 0.457 e. The number of sulfonamides is 1. The number of ketones is 2. The number of benzene rings is 2. The molecule has 154 valence electrons. The lowest BCUT2D eigenvalue weighted by molar-refractivity contribution is -0.142. The zero-order chi connectivity index (χ0) is 21.6. The first-order valence-electron chi connectivity index (χ1n) is 8.97. The van der Waals surface area contributed by atoms with Gasteiger partial charge in [0, 0.05) is 17.7 Å². The molecular weight excluding hydrogens is 394 g/mol. The highest BCUT2D eigenvalue weighted by Gasteiger charge is 2.16. The van der Waals surface area contributed by atoms with Crippen molar-refractivity contribution in [2.24, 2.45) is 0 Å². The van der Waals surface area contributed by atoms with Crippen molar-refractivity contribution in [2.45, 2.75) is 32.1 Å². The summed E-state index contributed by atoms with van der Waals surface area (Å²) >= 11 is 0. The van der Waals surface area contributed by atoms with E-state index in [0.717, 1.165) is 11.1 Å². The highest BCUT2D eigenvalue weighted by Crippen LogP contribution is 2.12. The van der Waals surface area contributed by atoms with Gasteiger partial charge < -0.3 is 4.74 Å². The Balaban J connectivity index is 1.82. The van der Waals surface area contributed by atoms with Gasteiger partial charge in [-0.1, -0.05) is 35.9 Å². The number of carbonyl (C=O) groups excluding carboxylic acids is 3. The Morgan fingerprint density at radius 1 is 1.00 bits per heavy atom.